The van der Waals surface area contributed by atoms with Crippen molar-refractivity contribution >= 4 is 34.6 Å². The van der Waals surface area contributed by atoms with Gasteiger partial charge in [0, 0.05) is 25.0 Å². The Morgan fingerprint density at radius 1 is 0.793 bits per heavy atom. The second-order valence-corrected chi connectivity index (χ2v) is 6.51. The van der Waals surface area contributed by atoms with Gasteiger partial charge in [-0.25, -0.2) is 0 Å². The topological polar surface area (TPSA) is 144 Å². The Morgan fingerprint density at radius 2 is 1.17 bits per heavy atom. The largest absolute Gasteiger partial charge is 0.320 e. The molecule has 2 N–H and O–H groups in total. The number of anilines is 2. The molecule has 0 aromatic heterocycles. The Kier molecular flexibility index (Phi) is 6.96. The number of carbonyl (C=O) groups is 2. The van der Waals surface area contributed by atoms with Gasteiger partial charge in [0.1, 0.15) is 11.4 Å². The lowest BCUT2D eigenvalue weighted by Gasteiger charge is -2.08. The minimum atomic E-state index is -0.579. The summed E-state index contributed by atoms with van der Waals surface area (Å²) in [5.41, 5.74) is 1.15. The molecule has 29 heavy (non-hydrogen) atoms. The normalized spacial score (nSPS) is 10.3. The Hall–Kier alpha value is -3.82. The molecule has 0 radical (unpaired) electrons. The molecule has 2 aromatic rings. The van der Waals surface area contributed by atoms with Crippen LogP contribution in [0.2, 0.25) is 0 Å². The quantitative estimate of drug-likeness (QED) is 0.508. The highest BCUT2D eigenvalue weighted by atomic mass is 16.6. The van der Waals surface area contributed by atoms with Crippen LogP contribution < -0.4 is 10.6 Å². The van der Waals surface area contributed by atoms with Gasteiger partial charge in [0.2, 0.25) is 11.8 Å². The van der Waals surface area contributed by atoms with Crippen molar-refractivity contribution in [1.29, 1.82) is 0 Å². The van der Waals surface area contributed by atoms with Crippen molar-refractivity contribution < 1.29 is 19.4 Å². The standard InChI is InChI=1S/C19H20N4O6/c1-12-6-8-14(16(10-12)22(26)27)20-18(24)4-3-5-19(25)21-15-9-7-13(2)11-17(15)23(28)29/h6-11H,3-5H2,1-2H3,(H,20,24)(H,21,25). The molecule has 0 aliphatic rings. The molecule has 0 aliphatic heterocycles. The number of benzene rings is 2. The third-order valence-electron chi connectivity index (χ3n) is 4.06. The Morgan fingerprint density at radius 3 is 1.52 bits per heavy atom. The summed E-state index contributed by atoms with van der Waals surface area (Å²) in [4.78, 5) is 45.1. The summed E-state index contributed by atoms with van der Waals surface area (Å²) in [5, 5.41) is 27.1. The summed E-state index contributed by atoms with van der Waals surface area (Å²) < 4.78 is 0. The number of carbonyl (C=O) groups excluding carboxylic acids is 2. The molecule has 0 aliphatic carbocycles. The number of nitro groups is 2. The van der Waals surface area contributed by atoms with Crippen molar-refractivity contribution in [3.63, 3.8) is 0 Å². The average Bonchev–Trinajstić information content (AvgIpc) is 2.64. The minimum Gasteiger partial charge on any atom is -0.320 e. The van der Waals surface area contributed by atoms with Crippen molar-refractivity contribution in [1.82, 2.24) is 0 Å². The lowest BCUT2D eigenvalue weighted by Crippen LogP contribution is -2.16. The predicted molar refractivity (Wildman–Crippen MR) is 107 cm³/mol. The van der Waals surface area contributed by atoms with E-state index in [1.165, 1.54) is 24.3 Å². The molecule has 10 heteroatoms. The molecule has 0 spiro atoms. The Labute approximate surface area is 166 Å². The van der Waals surface area contributed by atoms with Crippen LogP contribution in [0.4, 0.5) is 22.7 Å². The van der Waals surface area contributed by atoms with Crippen LogP contribution in [-0.4, -0.2) is 21.7 Å². The number of rotatable bonds is 8. The van der Waals surface area contributed by atoms with Crippen molar-refractivity contribution in [3.8, 4) is 0 Å². The van der Waals surface area contributed by atoms with Crippen LogP contribution in [0.1, 0.15) is 30.4 Å². The summed E-state index contributed by atoms with van der Waals surface area (Å²) in [7, 11) is 0. The van der Waals surface area contributed by atoms with Crippen LogP contribution in [0.3, 0.4) is 0 Å². The van der Waals surface area contributed by atoms with Gasteiger partial charge in [-0.15, -0.1) is 0 Å². The van der Waals surface area contributed by atoms with Crippen LogP contribution in [-0.2, 0) is 9.59 Å². The SMILES string of the molecule is Cc1ccc(NC(=O)CCCC(=O)Nc2ccc(C)cc2[N+](=O)[O-])c([N+](=O)[O-])c1. The molecule has 2 rings (SSSR count). The number of hydrogen-bond donors (Lipinski definition) is 2. The predicted octanol–water partition coefficient (Wildman–Crippen LogP) is 3.87. The van der Waals surface area contributed by atoms with E-state index in [4.69, 9.17) is 0 Å². The lowest BCUT2D eigenvalue weighted by molar-refractivity contribution is -0.384. The molecule has 0 heterocycles. The van der Waals surface area contributed by atoms with E-state index in [1.807, 2.05) is 0 Å². The highest BCUT2D eigenvalue weighted by Crippen LogP contribution is 2.26. The average molecular weight is 400 g/mol. The molecule has 0 bridgehead atoms. The van der Waals surface area contributed by atoms with Gasteiger partial charge in [0.15, 0.2) is 0 Å². The number of nitrogens with zero attached hydrogens (tertiary/aromatic N) is 2. The maximum absolute atomic E-state index is 12.0. The molecular weight excluding hydrogens is 380 g/mol. The van der Waals surface area contributed by atoms with E-state index in [1.54, 1.807) is 26.0 Å². The zero-order valence-corrected chi connectivity index (χ0v) is 15.9. The summed E-state index contributed by atoms with van der Waals surface area (Å²) in [6.07, 6.45) is 0.111. The minimum absolute atomic E-state index is 0.0333. The van der Waals surface area contributed by atoms with Gasteiger partial charge in [-0.3, -0.25) is 29.8 Å². The van der Waals surface area contributed by atoms with Gasteiger partial charge in [0.25, 0.3) is 11.4 Å². The fraction of sp³-hybridized carbons (Fsp3) is 0.263. The van der Waals surface area contributed by atoms with Crippen LogP contribution >= 0.6 is 0 Å². The van der Waals surface area contributed by atoms with E-state index in [-0.39, 0.29) is 42.0 Å². The first-order valence-corrected chi connectivity index (χ1v) is 8.77. The lowest BCUT2D eigenvalue weighted by atomic mass is 10.1. The summed E-state index contributed by atoms with van der Waals surface area (Å²) >= 11 is 0. The van der Waals surface area contributed by atoms with Gasteiger partial charge in [-0.2, -0.15) is 0 Å². The second-order valence-electron chi connectivity index (χ2n) is 6.51. The summed E-state index contributed by atoms with van der Waals surface area (Å²) in [5.74, 6) is -0.933. The van der Waals surface area contributed by atoms with Gasteiger partial charge < -0.3 is 10.6 Å². The fourth-order valence-electron chi connectivity index (χ4n) is 2.63. The monoisotopic (exact) mass is 400 g/mol. The van der Waals surface area contributed by atoms with E-state index >= 15 is 0 Å². The summed E-state index contributed by atoms with van der Waals surface area (Å²) in [6, 6.07) is 8.91. The number of hydrogen-bond acceptors (Lipinski definition) is 6. The molecular formula is C19H20N4O6. The van der Waals surface area contributed by atoms with Crippen molar-refractivity contribution in [2.45, 2.75) is 33.1 Å². The highest BCUT2D eigenvalue weighted by Gasteiger charge is 2.18. The number of aryl methyl sites for hydroxylation is 2. The van der Waals surface area contributed by atoms with Gasteiger partial charge >= 0.3 is 0 Å². The second kappa shape index (κ2) is 9.40. The Bertz CT molecular complexity index is 896. The van der Waals surface area contributed by atoms with E-state index < -0.39 is 21.7 Å². The van der Waals surface area contributed by atoms with E-state index in [2.05, 4.69) is 10.6 Å². The number of nitro benzene ring substituents is 2. The third kappa shape index (κ3) is 6.09. The van der Waals surface area contributed by atoms with E-state index in [0.717, 1.165) is 0 Å². The van der Waals surface area contributed by atoms with Crippen LogP contribution in [0.5, 0.6) is 0 Å². The summed E-state index contributed by atoms with van der Waals surface area (Å²) in [6.45, 7) is 3.41. The number of amides is 2. The van der Waals surface area contributed by atoms with Crippen molar-refractivity contribution in [2.24, 2.45) is 0 Å². The first-order valence-electron chi connectivity index (χ1n) is 8.77. The molecule has 0 unspecified atom stereocenters. The fourth-order valence-corrected chi connectivity index (χ4v) is 2.63. The smallest absolute Gasteiger partial charge is 0.293 e. The highest BCUT2D eigenvalue weighted by molar-refractivity contribution is 5.95. The maximum Gasteiger partial charge on any atom is 0.293 e. The maximum atomic E-state index is 12.0. The van der Waals surface area contributed by atoms with Crippen molar-refractivity contribution in [2.75, 3.05) is 10.6 Å². The Balaban J connectivity index is 1.89. The molecule has 10 nitrogen and oxygen atoms in total. The molecule has 0 saturated carbocycles. The van der Waals surface area contributed by atoms with E-state index in [9.17, 15) is 29.8 Å². The molecule has 152 valence electrons. The van der Waals surface area contributed by atoms with Crippen LogP contribution in [0, 0.1) is 34.1 Å². The van der Waals surface area contributed by atoms with Gasteiger partial charge in [-0.1, -0.05) is 12.1 Å². The number of nitrogens with one attached hydrogen (secondary N) is 2. The van der Waals surface area contributed by atoms with Crippen LogP contribution in [0.25, 0.3) is 0 Å². The molecule has 0 atom stereocenters. The van der Waals surface area contributed by atoms with E-state index in [0.29, 0.717) is 11.1 Å². The zero-order chi connectivity index (χ0) is 21.6. The zero-order valence-electron chi connectivity index (χ0n) is 15.9. The third-order valence-corrected chi connectivity index (χ3v) is 4.06. The molecule has 2 aromatic carbocycles. The first-order chi connectivity index (χ1) is 13.7. The molecule has 2 amide bonds. The first kappa shape index (κ1) is 21.5. The van der Waals surface area contributed by atoms with Gasteiger partial charge in [-0.05, 0) is 43.5 Å². The van der Waals surface area contributed by atoms with Gasteiger partial charge in [0.05, 0.1) is 9.85 Å². The van der Waals surface area contributed by atoms with Crippen molar-refractivity contribution in [3.05, 3.63) is 67.8 Å². The van der Waals surface area contributed by atoms with Crippen LogP contribution in [0.15, 0.2) is 36.4 Å². The molecule has 0 fully saturated rings. The molecule has 0 saturated heterocycles.